The molecule has 154 valence electrons. The Morgan fingerprint density at radius 1 is 1.07 bits per heavy atom. The second-order valence-electron chi connectivity index (χ2n) is 5.96. The van der Waals surface area contributed by atoms with Crippen LogP contribution in [-0.2, 0) is 6.42 Å². The largest absolute Gasteiger partial charge is 0.407 e. The van der Waals surface area contributed by atoms with Crippen molar-refractivity contribution in [2.75, 3.05) is 11.1 Å². The Balaban J connectivity index is 1.71. The molecule has 1 aromatic heterocycles. The summed E-state index contributed by atoms with van der Waals surface area (Å²) in [6.07, 6.45) is 0.349. The lowest BCUT2D eigenvalue weighted by atomic mass is 10.1. The molecule has 1 heterocycles. The molecule has 0 aliphatic heterocycles. The van der Waals surface area contributed by atoms with Gasteiger partial charge >= 0.3 is 6.01 Å². The fraction of sp³-hybridized carbons (Fsp3) is 0.167. The SMILES string of the molecule is CCSc1ccc(Cc2nnc(NC(=O)c3cc([N+](=O)[O-])cc([N+](=O)[O-])c3)o2)cc1. The molecule has 0 atom stereocenters. The Hall–Kier alpha value is -3.80. The Morgan fingerprint density at radius 3 is 2.27 bits per heavy atom. The molecule has 1 N–H and O–H groups in total. The maximum atomic E-state index is 12.3. The summed E-state index contributed by atoms with van der Waals surface area (Å²) in [5.74, 6) is 0.379. The molecule has 0 spiro atoms. The maximum absolute atomic E-state index is 12.3. The van der Waals surface area contributed by atoms with Crippen LogP contribution in [0.4, 0.5) is 17.4 Å². The second kappa shape index (κ2) is 9.13. The number of nitrogens with zero attached hydrogens (tertiary/aromatic N) is 4. The lowest BCUT2D eigenvalue weighted by Gasteiger charge is -2.02. The number of carbonyl (C=O) groups is 1. The second-order valence-corrected chi connectivity index (χ2v) is 7.30. The number of hydrogen-bond acceptors (Lipinski definition) is 9. The monoisotopic (exact) mass is 429 g/mol. The molecule has 0 radical (unpaired) electrons. The molecule has 0 saturated carbocycles. The van der Waals surface area contributed by atoms with Gasteiger partial charge in [-0.2, -0.15) is 0 Å². The van der Waals surface area contributed by atoms with Crippen molar-refractivity contribution < 1.29 is 19.1 Å². The van der Waals surface area contributed by atoms with Crippen molar-refractivity contribution in [2.24, 2.45) is 0 Å². The minimum atomic E-state index is -0.849. The predicted octanol–water partition coefficient (Wildman–Crippen LogP) is 3.84. The van der Waals surface area contributed by atoms with E-state index in [4.69, 9.17) is 4.42 Å². The van der Waals surface area contributed by atoms with Crippen LogP contribution in [-0.4, -0.2) is 31.7 Å². The summed E-state index contributed by atoms with van der Waals surface area (Å²) in [5.41, 5.74) is -0.499. The summed E-state index contributed by atoms with van der Waals surface area (Å²) in [6.45, 7) is 2.07. The van der Waals surface area contributed by atoms with E-state index >= 15 is 0 Å². The smallest absolute Gasteiger partial charge is 0.322 e. The van der Waals surface area contributed by atoms with Crippen LogP contribution >= 0.6 is 11.8 Å². The lowest BCUT2D eigenvalue weighted by molar-refractivity contribution is -0.394. The van der Waals surface area contributed by atoms with E-state index in [1.165, 1.54) is 0 Å². The summed E-state index contributed by atoms with van der Waals surface area (Å²) >= 11 is 1.72. The van der Waals surface area contributed by atoms with Gasteiger partial charge in [0.2, 0.25) is 5.89 Å². The van der Waals surface area contributed by atoms with Crippen LogP contribution in [0.2, 0.25) is 0 Å². The molecule has 0 bridgehead atoms. The fourth-order valence-corrected chi connectivity index (χ4v) is 3.19. The van der Waals surface area contributed by atoms with Crippen LogP contribution in [0.25, 0.3) is 0 Å². The number of nitro groups is 2. The lowest BCUT2D eigenvalue weighted by Crippen LogP contribution is -2.13. The van der Waals surface area contributed by atoms with Gasteiger partial charge in [-0.05, 0) is 23.4 Å². The molecular weight excluding hydrogens is 414 g/mol. The highest BCUT2D eigenvalue weighted by molar-refractivity contribution is 7.99. The zero-order chi connectivity index (χ0) is 21.7. The van der Waals surface area contributed by atoms with Crippen molar-refractivity contribution in [1.82, 2.24) is 10.2 Å². The van der Waals surface area contributed by atoms with Crippen LogP contribution in [0.3, 0.4) is 0 Å². The minimum absolute atomic E-state index is 0.220. The number of benzene rings is 2. The van der Waals surface area contributed by atoms with Gasteiger partial charge in [0, 0.05) is 17.0 Å². The third-order valence-corrected chi connectivity index (χ3v) is 4.76. The topological polar surface area (TPSA) is 154 Å². The highest BCUT2D eigenvalue weighted by Crippen LogP contribution is 2.24. The molecule has 3 aromatic rings. The van der Waals surface area contributed by atoms with E-state index in [-0.39, 0.29) is 17.5 Å². The number of nitrogens with one attached hydrogen (secondary N) is 1. The van der Waals surface area contributed by atoms with Gasteiger partial charge < -0.3 is 4.42 Å². The molecule has 0 saturated heterocycles. The van der Waals surface area contributed by atoms with Crippen molar-refractivity contribution >= 4 is 35.1 Å². The van der Waals surface area contributed by atoms with E-state index in [0.29, 0.717) is 6.42 Å². The number of rotatable bonds is 8. The summed E-state index contributed by atoms with van der Waals surface area (Å²) < 4.78 is 5.39. The molecule has 0 aliphatic rings. The number of amides is 1. The highest BCUT2D eigenvalue weighted by Gasteiger charge is 2.21. The number of anilines is 1. The Morgan fingerprint density at radius 2 is 1.70 bits per heavy atom. The van der Waals surface area contributed by atoms with Gasteiger partial charge in [-0.15, -0.1) is 16.9 Å². The maximum Gasteiger partial charge on any atom is 0.322 e. The van der Waals surface area contributed by atoms with Crippen molar-refractivity contribution in [3.05, 3.63) is 79.7 Å². The zero-order valence-corrected chi connectivity index (χ0v) is 16.4. The van der Waals surface area contributed by atoms with E-state index in [2.05, 4.69) is 22.4 Å². The van der Waals surface area contributed by atoms with Gasteiger partial charge in [-0.3, -0.25) is 30.3 Å². The normalized spacial score (nSPS) is 10.6. The van der Waals surface area contributed by atoms with Gasteiger partial charge in [0.05, 0.1) is 27.9 Å². The number of nitro benzene ring substituents is 2. The molecule has 12 heteroatoms. The van der Waals surface area contributed by atoms with Gasteiger partial charge in [-0.1, -0.05) is 24.2 Å². The molecule has 0 aliphatic carbocycles. The first-order chi connectivity index (χ1) is 14.4. The first-order valence-corrected chi connectivity index (χ1v) is 9.63. The summed E-state index contributed by atoms with van der Waals surface area (Å²) in [4.78, 5) is 33.8. The van der Waals surface area contributed by atoms with Crippen LogP contribution < -0.4 is 5.32 Å². The fourth-order valence-electron chi connectivity index (χ4n) is 2.53. The van der Waals surface area contributed by atoms with E-state index < -0.39 is 27.1 Å². The first-order valence-electron chi connectivity index (χ1n) is 8.65. The molecule has 2 aromatic carbocycles. The summed E-state index contributed by atoms with van der Waals surface area (Å²) in [5, 5.41) is 31.8. The standard InChI is InChI=1S/C18H15N5O6S/c1-2-30-15-5-3-11(4-6-15)7-16-20-21-18(29-16)19-17(24)12-8-13(22(25)26)10-14(9-12)23(27)28/h3-6,8-10H,2,7H2,1H3,(H,19,21,24). The first kappa shape index (κ1) is 20.9. The van der Waals surface area contributed by atoms with E-state index in [1.54, 1.807) is 11.8 Å². The minimum Gasteiger partial charge on any atom is -0.407 e. The molecule has 1 amide bonds. The number of thioether (sulfide) groups is 1. The Labute approximate surface area is 173 Å². The van der Waals surface area contributed by atoms with Crippen LogP contribution in [0.5, 0.6) is 0 Å². The molecule has 0 fully saturated rings. The average molecular weight is 429 g/mol. The molecular formula is C18H15N5O6S. The summed E-state index contributed by atoms with van der Waals surface area (Å²) in [6, 6.07) is 10.2. The predicted molar refractivity (Wildman–Crippen MR) is 108 cm³/mol. The van der Waals surface area contributed by atoms with Gasteiger partial charge in [-0.25, -0.2) is 0 Å². The van der Waals surface area contributed by atoms with E-state index in [0.717, 1.165) is 34.4 Å². The third kappa shape index (κ3) is 5.17. The Bertz CT molecular complexity index is 1070. The zero-order valence-electron chi connectivity index (χ0n) is 15.6. The van der Waals surface area contributed by atoms with Crippen molar-refractivity contribution in [2.45, 2.75) is 18.2 Å². The molecule has 0 unspecified atom stereocenters. The number of aromatic nitrogens is 2. The Kier molecular flexibility index (Phi) is 6.37. The number of non-ortho nitro benzene ring substituents is 2. The summed E-state index contributed by atoms with van der Waals surface area (Å²) in [7, 11) is 0. The molecule has 11 nitrogen and oxygen atoms in total. The van der Waals surface area contributed by atoms with Gasteiger partial charge in [0.25, 0.3) is 17.3 Å². The highest BCUT2D eigenvalue weighted by atomic mass is 32.2. The molecule has 30 heavy (non-hydrogen) atoms. The molecule has 3 rings (SSSR count). The quantitative estimate of drug-likeness (QED) is 0.319. The average Bonchev–Trinajstić information content (AvgIpc) is 3.16. The van der Waals surface area contributed by atoms with E-state index in [9.17, 15) is 25.0 Å². The van der Waals surface area contributed by atoms with Crippen molar-refractivity contribution in [3.63, 3.8) is 0 Å². The van der Waals surface area contributed by atoms with E-state index in [1.807, 2.05) is 24.3 Å². The third-order valence-electron chi connectivity index (χ3n) is 3.86. The van der Waals surface area contributed by atoms with Gasteiger partial charge in [0.1, 0.15) is 0 Å². The number of carbonyl (C=O) groups excluding carboxylic acids is 1. The van der Waals surface area contributed by atoms with Crippen LogP contribution in [0, 0.1) is 20.2 Å². The van der Waals surface area contributed by atoms with Gasteiger partial charge in [0.15, 0.2) is 0 Å². The van der Waals surface area contributed by atoms with Crippen LogP contribution in [0.15, 0.2) is 51.8 Å². The van der Waals surface area contributed by atoms with Crippen molar-refractivity contribution in [1.29, 1.82) is 0 Å². The number of hydrogen-bond donors (Lipinski definition) is 1. The van der Waals surface area contributed by atoms with Crippen molar-refractivity contribution in [3.8, 4) is 0 Å². The van der Waals surface area contributed by atoms with Crippen LogP contribution in [0.1, 0.15) is 28.7 Å².